The number of nitrogens with one attached hydrogen (secondary N) is 2. The lowest BCUT2D eigenvalue weighted by molar-refractivity contribution is -0.121. The Morgan fingerprint density at radius 1 is 1.29 bits per heavy atom. The van der Waals surface area contributed by atoms with Crippen LogP contribution in [0.2, 0.25) is 0 Å². The Labute approximate surface area is 133 Å². The van der Waals surface area contributed by atoms with Gasteiger partial charge in [-0.15, -0.1) is 12.4 Å². The number of rotatable bonds is 7. The molecule has 0 saturated carbocycles. The van der Waals surface area contributed by atoms with Gasteiger partial charge < -0.3 is 15.4 Å². The van der Waals surface area contributed by atoms with Crippen molar-refractivity contribution in [2.24, 2.45) is 0 Å². The van der Waals surface area contributed by atoms with Crippen LogP contribution in [0.1, 0.15) is 37.7 Å². The normalized spacial score (nSPS) is 16.3. The monoisotopic (exact) mass is 312 g/mol. The van der Waals surface area contributed by atoms with Gasteiger partial charge in [-0.1, -0.05) is 25.1 Å². The Balaban J connectivity index is 0.00000220. The number of benzene rings is 1. The second-order valence-corrected chi connectivity index (χ2v) is 5.18. The molecule has 0 radical (unpaired) electrons. The zero-order valence-corrected chi connectivity index (χ0v) is 13.4. The minimum Gasteiger partial charge on any atom is -0.493 e. The van der Waals surface area contributed by atoms with E-state index >= 15 is 0 Å². The van der Waals surface area contributed by atoms with E-state index in [4.69, 9.17) is 4.74 Å². The summed E-state index contributed by atoms with van der Waals surface area (Å²) in [6.45, 7) is 5.37. The predicted octanol–water partition coefficient (Wildman–Crippen LogP) is 2.48. The molecule has 1 atom stereocenters. The fraction of sp³-hybridized carbons (Fsp3) is 0.562. The lowest BCUT2D eigenvalue weighted by atomic mass is 9.90. The molecule has 5 heteroatoms. The molecule has 4 nitrogen and oxygen atoms in total. The molecule has 1 aliphatic rings. The van der Waals surface area contributed by atoms with Crippen molar-refractivity contribution in [3.05, 3.63) is 29.8 Å². The summed E-state index contributed by atoms with van der Waals surface area (Å²) in [6.07, 6.45) is 2.58. The van der Waals surface area contributed by atoms with Crippen molar-refractivity contribution >= 4 is 18.3 Å². The molecular weight excluding hydrogens is 288 g/mol. The van der Waals surface area contributed by atoms with Crippen LogP contribution in [0, 0.1) is 0 Å². The summed E-state index contributed by atoms with van der Waals surface area (Å²) in [4.78, 5) is 12.0. The van der Waals surface area contributed by atoms with Crippen LogP contribution in [-0.2, 0) is 4.79 Å². The minimum absolute atomic E-state index is 0. The van der Waals surface area contributed by atoms with E-state index in [0.29, 0.717) is 19.6 Å². The first-order valence-corrected chi connectivity index (χ1v) is 7.50. The second-order valence-electron chi connectivity index (χ2n) is 5.18. The molecule has 0 aliphatic carbocycles. The van der Waals surface area contributed by atoms with Crippen molar-refractivity contribution in [3.63, 3.8) is 0 Å². The molecule has 2 rings (SSSR count). The quantitative estimate of drug-likeness (QED) is 0.761. The molecule has 1 aromatic carbocycles. The highest BCUT2D eigenvalue weighted by Crippen LogP contribution is 2.35. The molecule has 0 saturated heterocycles. The predicted molar refractivity (Wildman–Crippen MR) is 87.3 cm³/mol. The molecule has 0 bridgehead atoms. The summed E-state index contributed by atoms with van der Waals surface area (Å²) in [7, 11) is 0. The highest BCUT2D eigenvalue weighted by Gasteiger charge is 2.23. The maximum Gasteiger partial charge on any atom is 0.220 e. The molecule has 1 unspecified atom stereocenters. The molecule has 0 aromatic heterocycles. The van der Waals surface area contributed by atoms with Crippen LogP contribution >= 0.6 is 12.4 Å². The number of halogens is 1. The fourth-order valence-corrected chi connectivity index (χ4v) is 2.52. The van der Waals surface area contributed by atoms with E-state index in [9.17, 15) is 4.79 Å². The van der Waals surface area contributed by atoms with Crippen molar-refractivity contribution in [3.8, 4) is 5.75 Å². The maximum atomic E-state index is 12.0. The van der Waals surface area contributed by atoms with Crippen LogP contribution in [0.15, 0.2) is 24.3 Å². The van der Waals surface area contributed by atoms with Crippen molar-refractivity contribution in [1.82, 2.24) is 10.6 Å². The van der Waals surface area contributed by atoms with Gasteiger partial charge in [-0.2, -0.15) is 0 Å². The first-order valence-electron chi connectivity index (χ1n) is 7.50. The highest BCUT2D eigenvalue weighted by atomic mass is 35.5. The van der Waals surface area contributed by atoms with E-state index in [1.165, 1.54) is 0 Å². The average molecular weight is 313 g/mol. The van der Waals surface area contributed by atoms with E-state index < -0.39 is 0 Å². The number of amides is 1. The standard InChI is InChI=1S/C16H24N2O2.ClH/c1-2-8-17-9-10-18-16(19)12-13-7-11-20-15-6-4-3-5-14(13)15;/h3-6,13,17H,2,7-12H2,1H3,(H,18,19);1H. The van der Waals surface area contributed by atoms with Crippen LogP contribution < -0.4 is 15.4 Å². The van der Waals surface area contributed by atoms with Crippen molar-refractivity contribution in [2.45, 2.75) is 32.1 Å². The number of carbonyl (C=O) groups excluding carboxylic acids is 1. The number of hydrogen-bond donors (Lipinski definition) is 2. The van der Waals surface area contributed by atoms with E-state index in [2.05, 4.69) is 23.6 Å². The molecule has 1 aliphatic heterocycles. The van der Waals surface area contributed by atoms with Crippen molar-refractivity contribution in [1.29, 1.82) is 0 Å². The van der Waals surface area contributed by atoms with E-state index in [1.54, 1.807) is 0 Å². The van der Waals surface area contributed by atoms with Crippen molar-refractivity contribution in [2.75, 3.05) is 26.2 Å². The molecular formula is C16H25ClN2O2. The summed E-state index contributed by atoms with van der Waals surface area (Å²) in [6, 6.07) is 8.02. The summed E-state index contributed by atoms with van der Waals surface area (Å²) < 4.78 is 5.62. The first kappa shape index (κ1) is 17.8. The van der Waals surface area contributed by atoms with Crippen LogP contribution in [0.3, 0.4) is 0 Å². The average Bonchev–Trinajstić information content (AvgIpc) is 2.47. The summed E-state index contributed by atoms with van der Waals surface area (Å²) in [5, 5.41) is 6.25. The molecule has 118 valence electrons. The smallest absolute Gasteiger partial charge is 0.220 e. The van der Waals surface area contributed by atoms with Gasteiger partial charge in [0.1, 0.15) is 5.75 Å². The lowest BCUT2D eigenvalue weighted by Gasteiger charge is -2.25. The number of carbonyl (C=O) groups is 1. The number of ether oxygens (including phenoxy) is 1. The first-order chi connectivity index (χ1) is 9.81. The molecule has 1 amide bonds. The Kier molecular flexibility index (Phi) is 8.16. The third kappa shape index (κ3) is 5.56. The molecule has 1 aromatic rings. The number of para-hydroxylation sites is 1. The fourth-order valence-electron chi connectivity index (χ4n) is 2.52. The van der Waals surface area contributed by atoms with Crippen LogP contribution in [0.5, 0.6) is 5.75 Å². The van der Waals surface area contributed by atoms with Gasteiger partial charge in [0.2, 0.25) is 5.91 Å². The van der Waals surface area contributed by atoms with Crippen molar-refractivity contribution < 1.29 is 9.53 Å². The van der Waals surface area contributed by atoms with Gasteiger partial charge in [0, 0.05) is 19.5 Å². The van der Waals surface area contributed by atoms with E-state index in [0.717, 1.165) is 37.2 Å². The Morgan fingerprint density at radius 3 is 2.90 bits per heavy atom. The third-order valence-corrected chi connectivity index (χ3v) is 3.57. The summed E-state index contributed by atoms with van der Waals surface area (Å²) >= 11 is 0. The lowest BCUT2D eigenvalue weighted by Crippen LogP contribution is -2.33. The molecule has 1 heterocycles. The Hall–Kier alpha value is -1.26. The number of fused-ring (bicyclic) bond motifs is 1. The van der Waals surface area contributed by atoms with E-state index in [-0.39, 0.29) is 24.2 Å². The van der Waals surface area contributed by atoms with Crippen LogP contribution in [0.25, 0.3) is 0 Å². The van der Waals surface area contributed by atoms with Gasteiger partial charge in [0.05, 0.1) is 6.61 Å². The Morgan fingerprint density at radius 2 is 2.10 bits per heavy atom. The SMILES string of the molecule is CCCNCCNC(=O)CC1CCOc2ccccc21.Cl. The van der Waals surface area contributed by atoms with Crippen LogP contribution in [0.4, 0.5) is 0 Å². The molecule has 0 spiro atoms. The van der Waals surface area contributed by atoms with Gasteiger partial charge in [-0.05, 0) is 36.9 Å². The van der Waals surface area contributed by atoms with Crippen LogP contribution in [-0.4, -0.2) is 32.1 Å². The molecule has 21 heavy (non-hydrogen) atoms. The molecule has 0 fully saturated rings. The zero-order chi connectivity index (χ0) is 14.2. The van der Waals surface area contributed by atoms with Gasteiger partial charge in [0.25, 0.3) is 0 Å². The topological polar surface area (TPSA) is 50.4 Å². The largest absolute Gasteiger partial charge is 0.493 e. The van der Waals surface area contributed by atoms with Gasteiger partial charge in [-0.25, -0.2) is 0 Å². The van der Waals surface area contributed by atoms with Gasteiger partial charge in [0.15, 0.2) is 0 Å². The van der Waals surface area contributed by atoms with Gasteiger partial charge >= 0.3 is 0 Å². The molecule has 2 N–H and O–H groups in total. The maximum absolute atomic E-state index is 12.0. The zero-order valence-electron chi connectivity index (χ0n) is 12.6. The summed E-state index contributed by atoms with van der Waals surface area (Å²) in [5.74, 6) is 1.34. The van der Waals surface area contributed by atoms with Gasteiger partial charge in [-0.3, -0.25) is 4.79 Å². The minimum atomic E-state index is 0. The third-order valence-electron chi connectivity index (χ3n) is 3.57. The second kappa shape index (κ2) is 9.64. The number of hydrogen-bond acceptors (Lipinski definition) is 3. The summed E-state index contributed by atoms with van der Waals surface area (Å²) in [5.41, 5.74) is 1.16. The van der Waals surface area contributed by atoms with E-state index in [1.807, 2.05) is 18.2 Å². The Bertz CT molecular complexity index is 440. The highest BCUT2D eigenvalue weighted by molar-refractivity contribution is 5.85.